The van der Waals surface area contributed by atoms with Crippen LogP contribution in [-0.4, -0.2) is 47.2 Å². The van der Waals surface area contributed by atoms with Crippen molar-refractivity contribution in [3.63, 3.8) is 0 Å². The molecule has 0 spiro atoms. The first kappa shape index (κ1) is 27.5. The van der Waals surface area contributed by atoms with Crippen molar-refractivity contribution in [3.8, 4) is 0 Å². The van der Waals surface area contributed by atoms with Gasteiger partial charge in [0.15, 0.2) is 6.10 Å². The minimum absolute atomic E-state index is 0.134. The third-order valence-electron chi connectivity index (χ3n) is 6.31. The van der Waals surface area contributed by atoms with E-state index in [9.17, 15) is 9.90 Å². The minimum atomic E-state index is -1.17. The molecule has 2 aliphatic rings. The molecule has 1 aromatic carbocycles. The molecule has 2 atom stereocenters. The Morgan fingerprint density at radius 2 is 2.11 bits per heavy atom. The number of aromatic nitrogens is 1. The lowest BCUT2D eigenvalue weighted by atomic mass is 9.87. The molecule has 0 bridgehead atoms. The monoisotopic (exact) mass is 550 g/mol. The van der Waals surface area contributed by atoms with Gasteiger partial charge >= 0.3 is 5.97 Å². The van der Waals surface area contributed by atoms with Crippen LogP contribution in [0.2, 0.25) is 0 Å². The van der Waals surface area contributed by atoms with Crippen LogP contribution in [0, 0.1) is 6.92 Å². The van der Waals surface area contributed by atoms with Crippen molar-refractivity contribution >= 4 is 57.3 Å². The molecule has 2 aromatic rings. The summed E-state index contributed by atoms with van der Waals surface area (Å²) >= 11 is 13.0. The second kappa shape index (κ2) is 11.0. The summed E-state index contributed by atoms with van der Waals surface area (Å²) in [7, 11) is 0. The van der Waals surface area contributed by atoms with E-state index in [-0.39, 0.29) is 11.1 Å². The van der Waals surface area contributed by atoms with E-state index in [1.54, 1.807) is 11.3 Å². The fourth-order valence-electron chi connectivity index (χ4n) is 4.58. The summed E-state index contributed by atoms with van der Waals surface area (Å²) in [5, 5.41) is 14.6. The molecule has 1 saturated heterocycles. The van der Waals surface area contributed by atoms with Crippen LogP contribution in [0.3, 0.4) is 0 Å². The lowest BCUT2D eigenvalue weighted by Gasteiger charge is -2.29. The molecule has 1 unspecified atom stereocenters. The standard InChI is InChI=1S/C27H35ClN2O4S2/c1-14-19(15(2)35)22-24(36-25(30-22)16-6-7-16)21(20(14)23(26(31)32)34-27(3,4)5)17(12-28)8-9-18-13-29-10-11-33-18/h8-9,15-16,23,29,35H,6-7,10-13H2,1-5H3,(H,31,32)/b17-8+,18-9+/t15?,23-/m0/s1. The number of allylic oxidation sites excluding steroid dienone is 3. The van der Waals surface area contributed by atoms with Crippen LogP contribution in [0.1, 0.15) is 85.1 Å². The summed E-state index contributed by atoms with van der Waals surface area (Å²) < 4.78 is 12.9. The van der Waals surface area contributed by atoms with Crippen LogP contribution in [0.25, 0.3) is 15.8 Å². The molecule has 1 saturated carbocycles. The van der Waals surface area contributed by atoms with Gasteiger partial charge in [0.05, 0.1) is 27.4 Å². The van der Waals surface area contributed by atoms with Crippen molar-refractivity contribution in [2.75, 3.05) is 25.6 Å². The zero-order chi connectivity index (χ0) is 26.2. The molecular weight excluding hydrogens is 516 g/mol. The van der Waals surface area contributed by atoms with Gasteiger partial charge in [0.1, 0.15) is 12.4 Å². The van der Waals surface area contributed by atoms with E-state index in [0.29, 0.717) is 24.6 Å². The lowest BCUT2D eigenvalue weighted by Crippen LogP contribution is -2.29. The fraction of sp³-hybridized carbons (Fsp3) is 0.556. The molecule has 2 N–H and O–H groups in total. The highest BCUT2D eigenvalue weighted by Crippen LogP contribution is 2.49. The number of carbonyl (C=O) groups is 1. The largest absolute Gasteiger partial charge is 0.495 e. The highest BCUT2D eigenvalue weighted by Gasteiger charge is 2.36. The molecule has 2 heterocycles. The maximum absolute atomic E-state index is 12.7. The first-order valence-corrected chi connectivity index (χ1v) is 14.2. The van der Waals surface area contributed by atoms with Crippen molar-refractivity contribution < 1.29 is 19.4 Å². The topological polar surface area (TPSA) is 80.7 Å². The van der Waals surface area contributed by atoms with Gasteiger partial charge in [0.25, 0.3) is 0 Å². The quantitative estimate of drug-likeness (QED) is 0.256. The first-order chi connectivity index (χ1) is 17.0. The molecule has 1 aliphatic heterocycles. The Morgan fingerprint density at radius 3 is 2.64 bits per heavy atom. The Labute approximate surface area is 227 Å². The maximum Gasteiger partial charge on any atom is 0.337 e. The number of ether oxygens (including phenoxy) is 2. The van der Waals surface area contributed by atoms with Crippen LogP contribution in [-0.2, 0) is 14.3 Å². The van der Waals surface area contributed by atoms with Crippen LogP contribution in [0.4, 0.5) is 0 Å². The van der Waals surface area contributed by atoms with Gasteiger partial charge < -0.3 is 19.9 Å². The number of rotatable bonds is 8. The molecule has 1 aliphatic carbocycles. The molecule has 196 valence electrons. The highest BCUT2D eigenvalue weighted by atomic mass is 35.5. The number of benzene rings is 1. The van der Waals surface area contributed by atoms with Gasteiger partial charge in [0, 0.05) is 34.7 Å². The summed E-state index contributed by atoms with van der Waals surface area (Å²) in [5.41, 5.74) is 4.25. The van der Waals surface area contributed by atoms with E-state index < -0.39 is 17.7 Å². The number of hydrogen-bond acceptors (Lipinski definition) is 7. The third-order valence-corrected chi connectivity index (χ3v) is 8.09. The summed E-state index contributed by atoms with van der Waals surface area (Å²) in [6, 6.07) is 0. The number of nitrogens with zero attached hydrogens (tertiary/aromatic N) is 1. The highest BCUT2D eigenvalue weighted by molar-refractivity contribution is 7.80. The van der Waals surface area contributed by atoms with Gasteiger partial charge in [0.2, 0.25) is 0 Å². The summed E-state index contributed by atoms with van der Waals surface area (Å²) in [6.07, 6.45) is 4.96. The number of alkyl halides is 1. The SMILES string of the molecule is Cc1c([C@H](OC(C)(C)C)C(=O)O)c(/C(=C/C=C2\CNCCO2)CCl)c2sc(C3CC3)nc2c1C(C)S. The number of carboxylic acids is 1. The normalized spacial score (nSPS) is 20.0. The van der Waals surface area contributed by atoms with E-state index in [4.69, 9.17) is 38.7 Å². The zero-order valence-electron chi connectivity index (χ0n) is 21.5. The molecule has 6 nitrogen and oxygen atoms in total. The number of thiol groups is 1. The average molecular weight is 551 g/mol. The van der Waals surface area contributed by atoms with Crippen molar-refractivity contribution in [3.05, 3.63) is 45.2 Å². The van der Waals surface area contributed by atoms with Gasteiger partial charge in [-0.2, -0.15) is 12.6 Å². The average Bonchev–Trinajstić information content (AvgIpc) is 3.57. The fourth-order valence-corrected chi connectivity index (χ4v) is 6.46. The number of morpholine rings is 1. The minimum Gasteiger partial charge on any atom is -0.495 e. The van der Waals surface area contributed by atoms with Gasteiger partial charge in [-0.1, -0.05) is 6.08 Å². The van der Waals surface area contributed by atoms with Crippen molar-refractivity contribution in [1.82, 2.24) is 10.3 Å². The molecule has 1 aromatic heterocycles. The third kappa shape index (κ3) is 5.94. The number of hydrogen-bond donors (Lipinski definition) is 3. The lowest BCUT2D eigenvalue weighted by molar-refractivity contribution is -0.160. The van der Waals surface area contributed by atoms with E-state index in [0.717, 1.165) is 62.6 Å². The number of carboxylic acid groups (broad SMARTS) is 1. The van der Waals surface area contributed by atoms with Crippen molar-refractivity contribution in [1.29, 1.82) is 0 Å². The zero-order valence-corrected chi connectivity index (χ0v) is 23.9. The molecule has 2 fully saturated rings. The van der Waals surface area contributed by atoms with E-state index in [1.165, 1.54) is 0 Å². The Balaban J connectivity index is 2.04. The number of fused-ring (bicyclic) bond motifs is 1. The first-order valence-electron chi connectivity index (χ1n) is 12.4. The molecule has 9 heteroatoms. The number of halogens is 1. The number of nitrogens with one attached hydrogen (secondary N) is 1. The van der Waals surface area contributed by atoms with Crippen molar-refractivity contribution in [2.24, 2.45) is 0 Å². The van der Waals surface area contributed by atoms with Gasteiger partial charge in [-0.25, -0.2) is 9.78 Å². The van der Waals surface area contributed by atoms with E-state index in [2.05, 4.69) is 5.32 Å². The van der Waals surface area contributed by atoms with Crippen LogP contribution in [0.5, 0.6) is 0 Å². The Bertz CT molecular complexity index is 1200. The van der Waals surface area contributed by atoms with E-state index in [1.807, 2.05) is 46.8 Å². The van der Waals surface area contributed by atoms with Gasteiger partial charge in [-0.15, -0.1) is 22.9 Å². The molecule has 0 radical (unpaired) electrons. The van der Waals surface area contributed by atoms with Crippen LogP contribution in [0.15, 0.2) is 17.9 Å². The molecule has 36 heavy (non-hydrogen) atoms. The Hall–Kier alpha value is -1.58. The predicted molar refractivity (Wildman–Crippen MR) is 151 cm³/mol. The smallest absolute Gasteiger partial charge is 0.337 e. The summed E-state index contributed by atoms with van der Waals surface area (Å²) in [5.74, 6) is 0.455. The Kier molecular flexibility index (Phi) is 8.42. The van der Waals surface area contributed by atoms with Crippen molar-refractivity contribution in [2.45, 2.75) is 70.3 Å². The second-order valence-corrected chi connectivity index (χ2v) is 12.5. The van der Waals surface area contributed by atoms with E-state index >= 15 is 0 Å². The molecule has 4 rings (SSSR count). The van der Waals surface area contributed by atoms with Gasteiger partial charge in [-0.3, -0.25) is 0 Å². The number of aliphatic carboxylic acids is 1. The predicted octanol–water partition coefficient (Wildman–Crippen LogP) is 6.54. The summed E-state index contributed by atoms with van der Waals surface area (Å²) in [4.78, 5) is 17.8. The van der Waals surface area contributed by atoms with Crippen LogP contribution >= 0.6 is 35.6 Å². The summed E-state index contributed by atoms with van der Waals surface area (Å²) in [6.45, 7) is 11.6. The maximum atomic E-state index is 12.7. The molecule has 0 amide bonds. The van der Waals surface area contributed by atoms with Crippen LogP contribution < -0.4 is 5.32 Å². The number of thiazole rings is 1. The second-order valence-electron chi connectivity index (χ2n) is 10.4. The van der Waals surface area contributed by atoms with Gasteiger partial charge in [-0.05, 0) is 70.2 Å². The molecular formula is C27H35ClN2O4S2. The Morgan fingerprint density at radius 1 is 1.39 bits per heavy atom.